The number of ether oxygens (including phenoxy) is 1. The zero-order chi connectivity index (χ0) is 13.8. The second-order valence-corrected chi connectivity index (χ2v) is 6.48. The van der Waals surface area contributed by atoms with Gasteiger partial charge in [0.15, 0.2) is 0 Å². The molecule has 1 spiro atoms. The molecule has 3 heteroatoms. The van der Waals surface area contributed by atoms with Crippen LogP contribution < -0.4 is 5.32 Å². The van der Waals surface area contributed by atoms with Gasteiger partial charge in [0, 0.05) is 18.2 Å². The Labute approximate surface area is 122 Å². The third-order valence-electron chi connectivity index (χ3n) is 5.03. The SMILES string of the molecule is CCCNC(c1ccoc1)C1CCOC2(CCCC2)C1. The maximum Gasteiger partial charge on any atom is 0.0950 e. The van der Waals surface area contributed by atoms with Crippen molar-refractivity contribution < 1.29 is 9.15 Å². The van der Waals surface area contributed by atoms with Crippen LogP contribution in [0.25, 0.3) is 0 Å². The predicted molar refractivity (Wildman–Crippen MR) is 79.6 cm³/mol. The Balaban J connectivity index is 1.72. The Hall–Kier alpha value is -0.800. The fourth-order valence-corrected chi connectivity index (χ4v) is 4.03. The standard InChI is InChI=1S/C17H27NO2/c1-2-9-18-16(15-5-10-19-13-15)14-6-11-20-17(12-14)7-3-4-8-17/h5,10,13-14,16,18H,2-4,6-9,11-12H2,1H3. The lowest BCUT2D eigenvalue weighted by Gasteiger charge is -2.41. The molecule has 2 unspecified atom stereocenters. The van der Waals surface area contributed by atoms with Crippen molar-refractivity contribution in [1.82, 2.24) is 5.32 Å². The monoisotopic (exact) mass is 277 g/mol. The lowest BCUT2D eigenvalue weighted by atomic mass is 9.79. The first-order chi connectivity index (χ1) is 9.83. The average Bonchev–Trinajstić information content (AvgIpc) is 3.12. The van der Waals surface area contributed by atoms with Crippen LogP contribution in [0.1, 0.15) is 63.5 Å². The van der Waals surface area contributed by atoms with Crippen LogP contribution in [0.5, 0.6) is 0 Å². The molecule has 2 aliphatic rings. The second-order valence-electron chi connectivity index (χ2n) is 6.48. The van der Waals surface area contributed by atoms with Crippen LogP contribution in [0.4, 0.5) is 0 Å². The van der Waals surface area contributed by atoms with Gasteiger partial charge in [-0.2, -0.15) is 0 Å². The quantitative estimate of drug-likeness (QED) is 0.881. The van der Waals surface area contributed by atoms with Crippen molar-refractivity contribution in [3.8, 4) is 0 Å². The minimum absolute atomic E-state index is 0.193. The average molecular weight is 277 g/mol. The summed E-state index contributed by atoms with van der Waals surface area (Å²) < 4.78 is 11.5. The van der Waals surface area contributed by atoms with E-state index in [1.54, 1.807) is 6.26 Å². The van der Waals surface area contributed by atoms with E-state index in [4.69, 9.17) is 9.15 Å². The highest BCUT2D eigenvalue weighted by molar-refractivity contribution is 5.14. The lowest BCUT2D eigenvalue weighted by Crippen LogP contribution is -2.42. The Morgan fingerprint density at radius 2 is 2.25 bits per heavy atom. The molecule has 3 nitrogen and oxygen atoms in total. The van der Waals surface area contributed by atoms with Gasteiger partial charge in [0.25, 0.3) is 0 Å². The van der Waals surface area contributed by atoms with E-state index in [1.165, 1.54) is 44.1 Å². The summed E-state index contributed by atoms with van der Waals surface area (Å²) in [6.45, 7) is 4.22. The smallest absolute Gasteiger partial charge is 0.0950 e. The molecule has 0 bridgehead atoms. The first kappa shape index (κ1) is 14.2. The number of rotatable bonds is 5. The van der Waals surface area contributed by atoms with Gasteiger partial charge >= 0.3 is 0 Å². The summed E-state index contributed by atoms with van der Waals surface area (Å²) in [6.07, 6.45) is 12.4. The van der Waals surface area contributed by atoms with E-state index >= 15 is 0 Å². The maximum absolute atomic E-state index is 6.18. The molecule has 0 aromatic carbocycles. The number of furan rings is 1. The van der Waals surface area contributed by atoms with E-state index in [2.05, 4.69) is 18.3 Å². The van der Waals surface area contributed by atoms with Crippen molar-refractivity contribution in [1.29, 1.82) is 0 Å². The van der Waals surface area contributed by atoms with Crippen molar-refractivity contribution in [2.45, 2.75) is 63.5 Å². The summed E-state index contributed by atoms with van der Waals surface area (Å²) in [5.74, 6) is 0.672. The van der Waals surface area contributed by atoms with Gasteiger partial charge in [-0.05, 0) is 50.6 Å². The molecule has 1 aromatic heterocycles. The van der Waals surface area contributed by atoms with Crippen LogP contribution in [0.3, 0.4) is 0 Å². The molecule has 2 fully saturated rings. The summed E-state index contributed by atoms with van der Waals surface area (Å²) in [5, 5.41) is 3.73. The van der Waals surface area contributed by atoms with Crippen LogP contribution in [0.15, 0.2) is 23.0 Å². The van der Waals surface area contributed by atoms with E-state index < -0.39 is 0 Å². The third-order valence-corrected chi connectivity index (χ3v) is 5.03. The van der Waals surface area contributed by atoms with Crippen molar-refractivity contribution in [3.05, 3.63) is 24.2 Å². The molecular weight excluding hydrogens is 250 g/mol. The van der Waals surface area contributed by atoms with Crippen LogP contribution >= 0.6 is 0 Å². The van der Waals surface area contributed by atoms with Gasteiger partial charge in [-0.3, -0.25) is 0 Å². The van der Waals surface area contributed by atoms with Gasteiger partial charge in [0.2, 0.25) is 0 Å². The second kappa shape index (κ2) is 6.31. The Kier molecular flexibility index (Phi) is 4.47. The van der Waals surface area contributed by atoms with Crippen LogP contribution in [0, 0.1) is 5.92 Å². The third kappa shape index (κ3) is 2.94. The fourth-order valence-electron chi connectivity index (χ4n) is 4.03. The van der Waals surface area contributed by atoms with Crippen molar-refractivity contribution >= 4 is 0 Å². The molecule has 2 heterocycles. The summed E-state index contributed by atoms with van der Waals surface area (Å²) in [5.41, 5.74) is 1.50. The highest BCUT2D eigenvalue weighted by Crippen LogP contribution is 2.45. The van der Waals surface area contributed by atoms with E-state index in [0.29, 0.717) is 12.0 Å². The van der Waals surface area contributed by atoms with Crippen molar-refractivity contribution in [2.24, 2.45) is 5.92 Å². The molecule has 1 aliphatic carbocycles. The topological polar surface area (TPSA) is 34.4 Å². The molecule has 1 saturated heterocycles. The number of hydrogen-bond donors (Lipinski definition) is 1. The molecule has 2 atom stereocenters. The molecule has 0 amide bonds. The fraction of sp³-hybridized carbons (Fsp3) is 0.765. The zero-order valence-corrected chi connectivity index (χ0v) is 12.6. The summed E-state index contributed by atoms with van der Waals surface area (Å²) in [4.78, 5) is 0. The molecule has 112 valence electrons. The largest absolute Gasteiger partial charge is 0.472 e. The maximum atomic E-state index is 6.18. The van der Waals surface area contributed by atoms with Gasteiger partial charge in [0.05, 0.1) is 18.1 Å². The molecular formula is C17H27NO2. The first-order valence-electron chi connectivity index (χ1n) is 8.22. The van der Waals surface area contributed by atoms with E-state index in [-0.39, 0.29) is 5.60 Å². The highest BCUT2D eigenvalue weighted by atomic mass is 16.5. The summed E-state index contributed by atoms with van der Waals surface area (Å²) in [7, 11) is 0. The number of hydrogen-bond acceptors (Lipinski definition) is 3. The zero-order valence-electron chi connectivity index (χ0n) is 12.6. The van der Waals surface area contributed by atoms with Crippen LogP contribution in [0.2, 0.25) is 0 Å². The Bertz CT molecular complexity index is 395. The van der Waals surface area contributed by atoms with Gasteiger partial charge in [-0.15, -0.1) is 0 Å². The van der Waals surface area contributed by atoms with Gasteiger partial charge < -0.3 is 14.5 Å². The minimum Gasteiger partial charge on any atom is -0.472 e. The first-order valence-corrected chi connectivity index (χ1v) is 8.22. The molecule has 1 aromatic rings. The molecule has 1 N–H and O–H groups in total. The van der Waals surface area contributed by atoms with Gasteiger partial charge in [-0.25, -0.2) is 0 Å². The van der Waals surface area contributed by atoms with E-state index in [1.807, 2.05) is 6.26 Å². The molecule has 1 aliphatic heterocycles. The Morgan fingerprint density at radius 3 is 2.95 bits per heavy atom. The summed E-state index contributed by atoms with van der Waals surface area (Å²) >= 11 is 0. The van der Waals surface area contributed by atoms with E-state index in [9.17, 15) is 0 Å². The highest BCUT2D eigenvalue weighted by Gasteiger charge is 2.42. The molecule has 1 saturated carbocycles. The molecule has 20 heavy (non-hydrogen) atoms. The molecule has 0 radical (unpaired) electrons. The Morgan fingerprint density at radius 1 is 1.40 bits per heavy atom. The van der Waals surface area contributed by atoms with Crippen molar-refractivity contribution in [3.63, 3.8) is 0 Å². The van der Waals surface area contributed by atoms with E-state index in [0.717, 1.165) is 19.6 Å². The van der Waals surface area contributed by atoms with Crippen LogP contribution in [-0.2, 0) is 4.74 Å². The van der Waals surface area contributed by atoms with Crippen LogP contribution in [-0.4, -0.2) is 18.8 Å². The summed E-state index contributed by atoms with van der Waals surface area (Å²) in [6, 6.07) is 2.54. The van der Waals surface area contributed by atoms with Gasteiger partial charge in [0.1, 0.15) is 0 Å². The minimum atomic E-state index is 0.193. The van der Waals surface area contributed by atoms with Crippen molar-refractivity contribution in [2.75, 3.05) is 13.2 Å². The number of nitrogens with one attached hydrogen (secondary N) is 1. The molecule has 3 rings (SSSR count). The normalized spacial score (nSPS) is 26.9. The predicted octanol–water partition coefficient (Wildman–Crippen LogP) is 4.06. The van der Waals surface area contributed by atoms with Gasteiger partial charge in [-0.1, -0.05) is 19.8 Å². The lowest BCUT2D eigenvalue weighted by molar-refractivity contribution is -0.0982.